The number of carbonyl (C=O) groups is 2. The lowest BCUT2D eigenvalue weighted by molar-refractivity contribution is -0.136. The molecule has 0 heterocycles. The summed E-state index contributed by atoms with van der Waals surface area (Å²) in [4.78, 5) is 22.1. The number of allylic oxidation sites excluding steroid dienone is 1. The lowest BCUT2D eigenvalue weighted by atomic mass is 10.1. The summed E-state index contributed by atoms with van der Waals surface area (Å²) in [5.74, 6) is -0.356. The molecule has 66 valence electrons. The number of hydrogen-bond acceptors (Lipinski definition) is 3. The lowest BCUT2D eigenvalue weighted by Gasteiger charge is -2.00. The standard InChI is InChI=1S/C9H12O3/c1-6(10)7-4-3-5-8(7)9(11)12-2/h3-5H2,1-2H3. The van der Waals surface area contributed by atoms with Crippen molar-refractivity contribution in [1.29, 1.82) is 0 Å². The van der Waals surface area contributed by atoms with Gasteiger partial charge in [-0.1, -0.05) is 0 Å². The predicted molar refractivity (Wildman–Crippen MR) is 43.6 cm³/mol. The minimum atomic E-state index is -0.349. The van der Waals surface area contributed by atoms with Crippen LogP contribution in [0.15, 0.2) is 11.1 Å². The van der Waals surface area contributed by atoms with Gasteiger partial charge >= 0.3 is 5.97 Å². The van der Waals surface area contributed by atoms with E-state index in [1.165, 1.54) is 14.0 Å². The predicted octanol–water partition coefficient (Wildman–Crippen LogP) is 1.23. The first kappa shape index (κ1) is 8.97. The second kappa shape index (κ2) is 3.52. The average Bonchev–Trinajstić information content (AvgIpc) is 2.50. The quantitative estimate of drug-likeness (QED) is 0.582. The van der Waals surface area contributed by atoms with Gasteiger partial charge in [0.15, 0.2) is 5.78 Å². The van der Waals surface area contributed by atoms with E-state index in [4.69, 9.17) is 0 Å². The molecule has 1 rings (SSSR count). The first-order chi connectivity index (χ1) is 5.66. The molecule has 0 aromatic carbocycles. The van der Waals surface area contributed by atoms with Gasteiger partial charge in [-0.05, 0) is 26.2 Å². The van der Waals surface area contributed by atoms with Crippen molar-refractivity contribution in [3.8, 4) is 0 Å². The number of ether oxygens (including phenoxy) is 1. The Morgan fingerprint density at radius 1 is 1.25 bits per heavy atom. The highest BCUT2D eigenvalue weighted by molar-refractivity contribution is 6.03. The summed E-state index contributed by atoms with van der Waals surface area (Å²) >= 11 is 0. The van der Waals surface area contributed by atoms with Gasteiger partial charge < -0.3 is 4.74 Å². The number of esters is 1. The fourth-order valence-electron chi connectivity index (χ4n) is 1.48. The van der Waals surface area contributed by atoms with Crippen LogP contribution in [-0.4, -0.2) is 18.9 Å². The van der Waals surface area contributed by atoms with Crippen LogP contribution in [0.25, 0.3) is 0 Å². The van der Waals surface area contributed by atoms with E-state index < -0.39 is 0 Å². The van der Waals surface area contributed by atoms with Crippen molar-refractivity contribution in [3.63, 3.8) is 0 Å². The summed E-state index contributed by atoms with van der Waals surface area (Å²) < 4.78 is 4.57. The number of carbonyl (C=O) groups excluding carboxylic acids is 2. The van der Waals surface area contributed by atoms with Crippen molar-refractivity contribution in [1.82, 2.24) is 0 Å². The maximum atomic E-state index is 11.1. The monoisotopic (exact) mass is 168 g/mol. The summed E-state index contributed by atoms with van der Waals surface area (Å²) in [5, 5.41) is 0. The normalized spacial score (nSPS) is 16.5. The molecule has 0 saturated carbocycles. The van der Waals surface area contributed by atoms with Crippen LogP contribution < -0.4 is 0 Å². The van der Waals surface area contributed by atoms with Crippen molar-refractivity contribution < 1.29 is 14.3 Å². The van der Waals surface area contributed by atoms with Gasteiger partial charge in [0.25, 0.3) is 0 Å². The Balaban J connectivity index is 2.91. The molecule has 0 aliphatic heterocycles. The number of Topliss-reactive ketones (excluding diaryl/α,β-unsaturated/α-hetero) is 1. The molecule has 0 aromatic rings. The Kier molecular flexibility index (Phi) is 2.63. The zero-order valence-corrected chi connectivity index (χ0v) is 7.35. The number of rotatable bonds is 2. The fraction of sp³-hybridized carbons (Fsp3) is 0.556. The van der Waals surface area contributed by atoms with Crippen molar-refractivity contribution in [3.05, 3.63) is 11.1 Å². The van der Waals surface area contributed by atoms with E-state index in [2.05, 4.69) is 4.74 Å². The van der Waals surface area contributed by atoms with Crippen LogP contribution in [0.4, 0.5) is 0 Å². The van der Waals surface area contributed by atoms with E-state index in [1.807, 2.05) is 0 Å². The SMILES string of the molecule is COC(=O)C1=C(C(C)=O)CCC1. The van der Waals surface area contributed by atoms with Crippen molar-refractivity contribution in [2.24, 2.45) is 0 Å². The topological polar surface area (TPSA) is 43.4 Å². The first-order valence-corrected chi connectivity index (χ1v) is 3.98. The highest BCUT2D eigenvalue weighted by Gasteiger charge is 2.23. The van der Waals surface area contributed by atoms with Gasteiger partial charge in [0.05, 0.1) is 7.11 Å². The molecule has 1 aliphatic carbocycles. The molecule has 0 atom stereocenters. The molecule has 0 unspecified atom stereocenters. The van der Waals surface area contributed by atoms with E-state index in [-0.39, 0.29) is 11.8 Å². The second-order valence-electron chi connectivity index (χ2n) is 2.86. The molecule has 0 bridgehead atoms. The van der Waals surface area contributed by atoms with Gasteiger partial charge in [0.1, 0.15) is 0 Å². The van der Waals surface area contributed by atoms with Crippen molar-refractivity contribution in [2.45, 2.75) is 26.2 Å². The number of methoxy groups -OCH3 is 1. The van der Waals surface area contributed by atoms with E-state index in [0.29, 0.717) is 17.6 Å². The fourth-order valence-corrected chi connectivity index (χ4v) is 1.48. The van der Waals surface area contributed by atoms with Crippen molar-refractivity contribution in [2.75, 3.05) is 7.11 Å². The van der Waals surface area contributed by atoms with Gasteiger partial charge in [0.2, 0.25) is 0 Å². The molecule has 3 nitrogen and oxygen atoms in total. The largest absolute Gasteiger partial charge is 0.466 e. The third kappa shape index (κ3) is 1.55. The molecule has 0 N–H and O–H groups in total. The van der Waals surface area contributed by atoms with Crippen LogP contribution in [0.3, 0.4) is 0 Å². The highest BCUT2D eigenvalue weighted by atomic mass is 16.5. The number of ketones is 1. The molecule has 0 fully saturated rings. The van der Waals surface area contributed by atoms with Crippen LogP contribution >= 0.6 is 0 Å². The number of hydrogen-bond donors (Lipinski definition) is 0. The molecule has 0 radical (unpaired) electrons. The summed E-state index contributed by atoms with van der Waals surface area (Å²) in [6, 6.07) is 0. The Bertz CT molecular complexity index is 250. The van der Waals surface area contributed by atoms with E-state index in [0.717, 1.165) is 12.8 Å². The third-order valence-electron chi connectivity index (χ3n) is 2.07. The van der Waals surface area contributed by atoms with Gasteiger partial charge in [0, 0.05) is 11.1 Å². The minimum absolute atomic E-state index is 0.00657. The van der Waals surface area contributed by atoms with Gasteiger partial charge in [-0.15, -0.1) is 0 Å². The molecule has 0 amide bonds. The van der Waals surface area contributed by atoms with Crippen LogP contribution in [0.5, 0.6) is 0 Å². The maximum Gasteiger partial charge on any atom is 0.334 e. The van der Waals surface area contributed by atoms with Crippen molar-refractivity contribution >= 4 is 11.8 Å². The highest BCUT2D eigenvalue weighted by Crippen LogP contribution is 2.27. The zero-order chi connectivity index (χ0) is 9.14. The van der Waals surface area contributed by atoms with Crippen LogP contribution in [0.2, 0.25) is 0 Å². The van der Waals surface area contributed by atoms with Crippen LogP contribution in [0, 0.1) is 0 Å². The molecule has 0 aromatic heterocycles. The third-order valence-corrected chi connectivity index (χ3v) is 2.07. The molecular weight excluding hydrogens is 156 g/mol. The molecular formula is C9H12O3. The molecule has 3 heteroatoms. The zero-order valence-electron chi connectivity index (χ0n) is 7.35. The maximum absolute atomic E-state index is 11.1. The Hall–Kier alpha value is -1.12. The van der Waals surface area contributed by atoms with E-state index >= 15 is 0 Å². The minimum Gasteiger partial charge on any atom is -0.466 e. The summed E-state index contributed by atoms with van der Waals surface area (Å²) in [5.41, 5.74) is 1.23. The van der Waals surface area contributed by atoms with Gasteiger partial charge in [-0.25, -0.2) is 4.79 Å². The van der Waals surface area contributed by atoms with Gasteiger partial charge in [-0.3, -0.25) is 4.79 Å². The van der Waals surface area contributed by atoms with E-state index in [9.17, 15) is 9.59 Å². The van der Waals surface area contributed by atoms with Gasteiger partial charge in [-0.2, -0.15) is 0 Å². The average molecular weight is 168 g/mol. The summed E-state index contributed by atoms with van der Waals surface area (Å²) in [6.45, 7) is 1.49. The van der Waals surface area contributed by atoms with Crippen LogP contribution in [-0.2, 0) is 14.3 Å². The Morgan fingerprint density at radius 2 is 1.83 bits per heavy atom. The molecule has 0 spiro atoms. The smallest absolute Gasteiger partial charge is 0.334 e. The molecule has 0 saturated heterocycles. The second-order valence-corrected chi connectivity index (χ2v) is 2.86. The molecule has 1 aliphatic rings. The lowest BCUT2D eigenvalue weighted by Crippen LogP contribution is -2.07. The summed E-state index contributed by atoms with van der Waals surface area (Å²) in [7, 11) is 1.34. The molecule has 12 heavy (non-hydrogen) atoms. The van der Waals surface area contributed by atoms with Crippen LogP contribution in [0.1, 0.15) is 26.2 Å². The Morgan fingerprint density at radius 3 is 2.33 bits per heavy atom. The summed E-state index contributed by atoms with van der Waals surface area (Å²) in [6.07, 6.45) is 2.29. The van der Waals surface area contributed by atoms with E-state index in [1.54, 1.807) is 0 Å². The Labute approximate surface area is 71.4 Å². The first-order valence-electron chi connectivity index (χ1n) is 3.98.